The summed E-state index contributed by atoms with van der Waals surface area (Å²) in [5.41, 5.74) is 7.39. The van der Waals surface area contributed by atoms with Gasteiger partial charge in [0.25, 0.3) is 0 Å². The molecular weight excluding hydrogens is 309 g/mol. The summed E-state index contributed by atoms with van der Waals surface area (Å²) in [6.07, 6.45) is 0.605. The molecule has 2 nitrogen and oxygen atoms in total. The fourth-order valence-corrected chi connectivity index (χ4v) is 2.05. The summed E-state index contributed by atoms with van der Waals surface area (Å²) in [6, 6.07) is 12.4. The Balaban J connectivity index is 2.08. The van der Waals surface area contributed by atoms with E-state index in [2.05, 4.69) is 15.9 Å². The highest BCUT2D eigenvalue weighted by Gasteiger charge is 2.05. The van der Waals surface area contributed by atoms with E-state index < -0.39 is 0 Å². The van der Waals surface area contributed by atoms with Gasteiger partial charge < -0.3 is 10.5 Å². The van der Waals surface area contributed by atoms with Crippen LogP contribution in [0.1, 0.15) is 11.1 Å². The average molecular weight is 324 g/mol. The van der Waals surface area contributed by atoms with E-state index in [9.17, 15) is 4.39 Å². The van der Waals surface area contributed by atoms with Crippen molar-refractivity contribution < 1.29 is 9.13 Å². The van der Waals surface area contributed by atoms with Crippen molar-refractivity contribution in [3.63, 3.8) is 0 Å². The lowest BCUT2D eigenvalue weighted by Crippen LogP contribution is -2.06. The number of hydrogen-bond donors (Lipinski definition) is 1. The minimum Gasteiger partial charge on any atom is -0.489 e. The van der Waals surface area contributed by atoms with Crippen LogP contribution < -0.4 is 10.5 Å². The molecule has 0 amide bonds. The second-order valence-corrected chi connectivity index (χ2v) is 5.12. The fraction of sp³-hybridized carbons (Fsp3) is 0.200. The molecule has 100 valence electrons. The molecule has 0 saturated carbocycles. The summed E-state index contributed by atoms with van der Waals surface area (Å²) in [5.74, 6) is 0.425. The molecule has 0 unspecified atom stereocenters. The summed E-state index contributed by atoms with van der Waals surface area (Å²) in [7, 11) is 0. The third kappa shape index (κ3) is 4.04. The van der Waals surface area contributed by atoms with Crippen molar-refractivity contribution in [1.82, 2.24) is 0 Å². The second kappa shape index (κ2) is 6.68. The third-order valence-corrected chi connectivity index (χ3v) is 3.27. The predicted molar refractivity (Wildman–Crippen MR) is 77.6 cm³/mol. The van der Waals surface area contributed by atoms with Gasteiger partial charge >= 0.3 is 0 Å². The van der Waals surface area contributed by atoms with Crippen LogP contribution in [0.4, 0.5) is 4.39 Å². The number of ether oxygens (including phenoxy) is 1. The van der Waals surface area contributed by atoms with Gasteiger partial charge in [-0.1, -0.05) is 28.1 Å². The Labute approximate surface area is 120 Å². The van der Waals surface area contributed by atoms with Crippen LogP contribution in [0.25, 0.3) is 0 Å². The van der Waals surface area contributed by atoms with Gasteiger partial charge in [-0.3, -0.25) is 0 Å². The topological polar surface area (TPSA) is 35.2 Å². The Bertz CT molecular complexity index is 542. The first-order valence-corrected chi connectivity index (χ1v) is 6.84. The van der Waals surface area contributed by atoms with Crippen LogP contribution in [-0.2, 0) is 13.0 Å². The Morgan fingerprint density at radius 3 is 2.53 bits per heavy atom. The van der Waals surface area contributed by atoms with Crippen molar-refractivity contribution in [3.05, 3.63) is 63.9 Å². The van der Waals surface area contributed by atoms with Crippen molar-refractivity contribution in [3.8, 4) is 5.75 Å². The Morgan fingerprint density at radius 1 is 1.11 bits per heavy atom. The molecule has 0 aliphatic heterocycles. The van der Waals surface area contributed by atoms with Crippen molar-refractivity contribution in [2.45, 2.75) is 13.0 Å². The standard InChI is InChI=1S/C15H15BrFNO/c16-13-3-1-11(2-4-13)10-19-15-6-5-14(17)9-12(15)7-8-18/h1-6,9H,7-8,10,18H2. The molecule has 2 rings (SSSR count). The van der Waals surface area contributed by atoms with Crippen molar-refractivity contribution >= 4 is 15.9 Å². The van der Waals surface area contributed by atoms with Gasteiger partial charge in [0.1, 0.15) is 18.2 Å². The van der Waals surface area contributed by atoms with E-state index in [0.717, 1.165) is 15.6 Å². The minimum atomic E-state index is -0.264. The minimum absolute atomic E-state index is 0.264. The lowest BCUT2D eigenvalue weighted by Gasteiger charge is -2.11. The summed E-state index contributed by atoms with van der Waals surface area (Å²) in [4.78, 5) is 0. The van der Waals surface area contributed by atoms with Gasteiger partial charge in [0.05, 0.1) is 0 Å². The normalized spacial score (nSPS) is 10.5. The number of halogens is 2. The van der Waals surface area contributed by atoms with Crippen LogP contribution in [0.15, 0.2) is 46.9 Å². The van der Waals surface area contributed by atoms with Crippen molar-refractivity contribution in [1.29, 1.82) is 0 Å². The Kier molecular flexibility index (Phi) is 4.93. The second-order valence-electron chi connectivity index (χ2n) is 4.21. The smallest absolute Gasteiger partial charge is 0.123 e. The number of benzene rings is 2. The van der Waals surface area contributed by atoms with Crippen LogP contribution in [0.2, 0.25) is 0 Å². The Hall–Kier alpha value is -1.39. The predicted octanol–water partition coefficient (Wildman–Crippen LogP) is 3.67. The summed E-state index contributed by atoms with van der Waals surface area (Å²) >= 11 is 3.39. The van der Waals surface area contributed by atoms with E-state index in [1.807, 2.05) is 24.3 Å². The number of rotatable bonds is 5. The SMILES string of the molecule is NCCc1cc(F)ccc1OCc1ccc(Br)cc1. The zero-order chi connectivity index (χ0) is 13.7. The molecule has 0 heterocycles. The van der Waals surface area contributed by atoms with Crippen LogP contribution in [0, 0.1) is 5.82 Å². The van der Waals surface area contributed by atoms with Crippen LogP contribution >= 0.6 is 15.9 Å². The summed E-state index contributed by atoms with van der Waals surface area (Å²) in [5, 5.41) is 0. The van der Waals surface area contributed by atoms with Crippen LogP contribution in [0.3, 0.4) is 0 Å². The first-order valence-electron chi connectivity index (χ1n) is 6.05. The number of nitrogens with two attached hydrogens (primary N) is 1. The van der Waals surface area contributed by atoms with E-state index in [1.54, 1.807) is 6.07 Å². The molecule has 0 aromatic heterocycles. The van der Waals surface area contributed by atoms with E-state index in [0.29, 0.717) is 25.3 Å². The molecule has 0 spiro atoms. The molecule has 2 aromatic carbocycles. The van der Waals surface area contributed by atoms with E-state index in [4.69, 9.17) is 10.5 Å². The summed E-state index contributed by atoms with van der Waals surface area (Å²) < 4.78 is 19.9. The third-order valence-electron chi connectivity index (χ3n) is 2.74. The maximum absolute atomic E-state index is 13.2. The lowest BCUT2D eigenvalue weighted by molar-refractivity contribution is 0.302. The van der Waals surface area contributed by atoms with E-state index in [1.165, 1.54) is 12.1 Å². The van der Waals surface area contributed by atoms with Crippen molar-refractivity contribution in [2.24, 2.45) is 5.73 Å². The first kappa shape index (κ1) is 14.0. The van der Waals surface area contributed by atoms with Gasteiger partial charge in [0.2, 0.25) is 0 Å². The molecule has 0 saturated heterocycles. The van der Waals surface area contributed by atoms with Gasteiger partial charge in [-0.15, -0.1) is 0 Å². The monoisotopic (exact) mass is 323 g/mol. The highest BCUT2D eigenvalue weighted by Crippen LogP contribution is 2.21. The van der Waals surface area contributed by atoms with Gasteiger partial charge in [-0.25, -0.2) is 4.39 Å². The molecule has 0 aliphatic rings. The highest BCUT2D eigenvalue weighted by atomic mass is 79.9. The molecule has 0 fully saturated rings. The van der Waals surface area contributed by atoms with Gasteiger partial charge in [0, 0.05) is 4.47 Å². The van der Waals surface area contributed by atoms with Gasteiger partial charge in [-0.05, 0) is 54.4 Å². The molecule has 19 heavy (non-hydrogen) atoms. The molecule has 2 N–H and O–H groups in total. The molecule has 0 bridgehead atoms. The maximum Gasteiger partial charge on any atom is 0.123 e. The quantitative estimate of drug-likeness (QED) is 0.911. The fourth-order valence-electron chi connectivity index (χ4n) is 1.78. The van der Waals surface area contributed by atoms with Gasteiger partial charge in [0.15, 0.2) is 0 Å². The zero-order valence-electron chi connectivity index (χ0n) is 10.4. The number of hydrogen-bond acceptors (Lipinski definition) is 2. The van der Waals surface area contributed by atoms with Crippen LogP contribution in [0.5, 0.6) is 5.75 Å². The molecule has 0 radical (unpaired) electrons. The van der Waals surface area contributed by atoms with Crippen LogP contribution in [-0.4, -0.2) is 6.54 Å². The Morgan fingerprint density at radius 2 is 1.84 bits per heavy atom. The van der Waals surface area contributed by atoms with E-state index >= 15 is 0 Å². The average Bonchev–Trinajstić information content (AvgIpc) is 2.40. The van der Waals surface area contributed by atoms with E-state index in [-0.39, 0.29) is 5.82 Å². The largest absolute Gasteiger partial charge is 0.489 e. The highest BCUT2D eigenvalue weighted by molar-refractivity contribution is 9.10. The first-order chi connectivity index (χ1) is 9.19. The molecule has 0 atom stereocenters. The summed E-state index contributed by atoms with van der Waals surface area (Å²) in [6.45, 7) is 0.925. The van der Waals surface area contributed by atoms with Crippen molar-refractivity contribution in [2.75, 3.05) is 6.54 Å². The lowest BCUT2D eigenvalue weighted by atomic mass is 10.1. The molecule has 0 aliphatic carbocycles. The molecule has 2 aromatic rings. The zero-order valence-corrected chi connectivity index (χ0v) is 12.0. The van der Waals surface area contributed by atoms with Gasteiger partial charge in [-0.2, -0.15) is 0 Å². The molecular formula is C15H15BrFNO. The maximum atomic E-state index is 13.2. The molecule has 4 heteroatoms.